The molecule has 0 saturated heterocycles. The van der Waals surface area contributed by atoms with Gasteiger partial charge in [0.25, 0.3) is 0 Å². The zero-order chi connectivity index (χ0) is 6.57. The van der Waals surface area contributed by atoms with Crippen molar-refractivity contribution in [3.05, 3.63) is 7.87 Å². The van der Waals surface area contributed by atoms with Crippen molar-refractivity contribution in [2.24, 2.45) is 0 Å². The Morgan fingerprint density at radius 2 is 1.62 bits per heavy atom. The van der Waals surface area contributed by atoms with Crippen molar-refractivity contribution in [2.75, 3.05) is 0 Å². The molecule has 0 heterocycles. The molecule has 0 N–H and O–H groups in total. The highest BCUT2D eigenvalue weighted by Gasteiger charge is 1.88. The van der Waals surface area contributed by atoms with Crippen molar-refractivity contribution < 1.29 is 0 Å². The van der Waals surface area contributed by atoms with E-state index in [4.69, 9.17) is 0 Å². The SMILES string of the molecule is BrC#CC(Br)=C(Br)Br. The van der Waals surface area contributed by atoms with Crippen LogP contribution in [0.2, 0.25) is 0 Å². The van der Waals surface area contributed by atoms with Crippen LogP contribution in [-0.4, -0.2) is 0 Å². The zero-order valence-electron chi connectivity index (χ0n) is 3.51. The minimum absolute atomic E-state index is 0.786. The Kier molecular flexibility index (Phi) is 5.81. The summed E-state index contributed by atoms with van der Waals surface area (Å²) >= 11 is 12.5. The lowest BCUT2D eigenvalue weighted by atomic mass is 10.7. The third-order valence-electron chi connectivity index (χ3n) is 0.323. The molecular weight excluding hydrogens is 368 g/mol. The quantitative estimate of drug-likeness (QED) is 0.573. The van der Waals surface area contributed by atoms with Gasteiger partial charge in [0.2, 0.25) is 0 Å². The summed E-state index contributed by atoms with van der Waals surface area (Å²) in [5.74, 6) is 2.71. The summed E-state index contributed by atoms with van der Waals surface area (Å²) in [6.07, 6.45) is 0. The van der Waals surface area contributed by atoms with Crippen molar-refractivity contribution in [1.29, 1.82) is 0 Å². The molecule has 0 unspecified atom stereocenters. The van der Waals surface area contributed by atoms with Crippen molar-refractivity contribution >= 4 is 63.7 Å². The van der Waals surface area contributed by atoms with Crippen LogP contribution in [0.15, 0.2) is 7.87 Å². The maximum Gasteiger partial charge on any atom is 0.0895 e. The largest absolute Gasteiger partial charge is 0.0895 e. The van der Waals surface area contributed by atoms with Crippen LogP contribution in [0.25, 0.3) is 0 Å². The fraction of sp³-hybridized carbons (Fsp3) is 0. The highest BCUT2D eigenvalue weighted by Crippen LogP contribution is 2.22. The first-order valence-corrected chi connectivity index (χ1v) is 4.68. The van der Waals surface area contributed by atoms with Crippen LogP contribution in [0, 0.1) is 10.8 Å². The maximum absolute atomic E-state index is 3.18. The second-order valence-corrected chi connectivity index (χ2v) is 4.63. The Labute approximate surface area is 81.6 Å². The van der Waals surface area contributed by atoms with Gasteiger partial charge in [0.05, 0.1) is 7.87 Å². The molecule has 0 amide bonds. The lowest BCUT2D eigenvalue weighted by Crippen LogP contribution is -1.58. The molecule has 0 aliphatic carbocycles. The predicted octanol–water partition coefficient (Wildman–Crippen LogP) is 3.70. The highest BCUT2D eigenvalue weighted by atomic mass is 79.9. The first kappa shape index (κ1) is 9.22. The lowest BCUT2D eigenvalue weighted by Gasteiger charge is -1.81. The van der Waals surface area contributed by atoms with Crippen LogP contribution in [-0.2, 0) is 0 Å². The summed E-state index contributed by atoms with van der Waals surface area (Å²) < 4.78 is 1.60. The molecule has 0 radical (unpaired) electrons. The molecule has 0 bridgehead atoms. The highest BCUT2D eigenvalue weighted by molar-refractivity contribution is 9.29. The molecule has 0 aromatic rings. The van der Waals surface area contributed by atoms with Crippen LogP contribution in [0.4, 0.5) is 0 Å². The molecule has 0 aromatic heterocycles. The molecule has 0 rings (SSSR count). The monoisotopic (exact) mass is 364 g/mol. The second kappa shape index (κ2) is 5.04. The average molecular weight is 368 g/mol. The minimum atomic E-state index is 0.786. The molecule has 0 aromatic carbocycles. The van der Waals surface area contributed by atoms with E-state index in [9.17, 15) is 0 Å². The minimum Gasteiger partial charge on any atom is -0.0451 e. The van der Waals surface area contributed by atoms with E-state index in [0.29, 0.717) is 0 Å². The first-order chi connectivity index (χ1) is 3.68. The second-order valence-electron chi connectivity index (χ2n) is 0.794. The van der Waals surface area contributed by atoms with Gasteiger partial charge in [-0.05, 0) is 58.5 Å². The van der Waals surface area contributed by atoms with E-state index < -0.39 is 0 Å². The first-order valence-electron chi connectivity index (χ1n) is 1.51. The van der Waals surface area contributed by atoms with Gasteiger partial charge in [-0.25, -0.2) is 0 Å². The standard InChI is InChI=1S/C4Br4/c5-2-1-3(6)4(7)8. The third kappa shape index (κ3) is 4.13. The van der Waals surface area contributed by atoms with Gasteiger partial charge in [0.1, 0.15) is 0 Å². The van der Waals surface area contributed by atoms with Crippen molar-refractivity contribution in [3.8, 4) is 10.8 Å². The topological polar surface area (TPSA) is 0 Å². The summed E-state index contributed by atoms with van der Waals surface area (Å²) in [6, 6.07) is 0. The third-order valence-corrected chi connectivity index (χ3v) is 2.97. The predicted molar refractivity (Wildman–Crippen MR) is 50.5 cm³/mol. The van der Waals surface area contributed by atoms with E-state index >= 15 is 0 Å². The maximum atomic E-state index is 3.18. The average Bonchev–Trinajstić information content (AvgIpc) is 1.67. The molecule has 0 spiro atoms. The van der Waals surface area contributed by atoms with E-state index in [-0.39, 0.29) is 0 Å². The van der Waals surface area contributed by atoms with Crippen molar-refractivity contribution in [2.45, 2.75) is 0 Å². The van der Waals surface area contributed by atoms with Gasteiger partial charge in [-0.1, -0.05) is 0 Å². The van der Waals surface area contributed by atoms with Crippen LogP contribution in [0.1, 0.15) is 0 Å². The molecule has 0 nitrogen and oxygen atoms in total. The van der Waals surface area contributed by atoms with Crippen LogP contribution in [0.3, 0.4) is 0 Å². The number of hydrogen-bond donors (Lipinski definition) is 0. The lowest BCUT2D eigenvalue weighted by molar-refractivity contribution is 2.20. The summed E-state index contributed by atoms with van der Waals surface area (Å²) in [7, 11) is 0. The Balaban J connectivity index is 4.16. The Bertz CT molecular complexity index is 155. The fourth-order valence-electron chi connectivity index (χ4n) is 0.0887. The van der Waals surface area contributed by atoms with Gasteiger partial charge in [0.15, 0.2) is 0 Å². The molecule has 0 aliphatic heterocycles. The van der Waals surface area contributed by atoms with Gasteiger partial charge in [-0.3, -0.25) is 0 Å². The molecule has 4 heteroatoms. The molecule has 0 saturated carbocycles. The number of halogens is 4. The van der Waals surface area contributed by atoms with Crippen LogP contribution < -0.4 is 0 Å². The molecule has 0 fully saturated rings. The Hall–Kier alpha value is 1.22. The smallest absolute Gasteiger partial charge is 0.0451 e. The van der Waals surface area contributed by atoms with Gasteiger partial charge in [-0.15, -0.1) is 0 Å². The van der Waals surface area contributed by atoms with Gasteiger partial charge in [-0.2, -0.15) is 0 Å². The number of allylic oxidation sites excluding steroid dienone is 1. The fourth-order valence-corrected chi connectivity index (χ4v) is 0.850. The molecule has 0 atom stereocenters. The zero-order valence-corrected chi connectivity index (χ0v) is 9.86. The van der Waals surface area contributed by atoms with Crippen molar-refractivity contribution in [1.82, 2.24) is 0 Å². The summed E-state index contributed by atoms with van der Waals surface area (Å²) in [6.45, 7) is 0. The van der Waals surface area contributed by atoms with Gasteiger partial charge >= 0.3 is 0 Å². The van der Waals surface area contributed by atoms with Crippen molar-refractivity contribution in [3.63, 3.8) is 0 Å². The summed E-state index contributed by atoms with van der Waals surface area (Å²) in [5, 5.41) is 0. The number of rotatable bonds is 0. The molecule has 8 heavy (non-hydrogen) atoms. The number of hydrogen-bond acceptors (Lipinski definition) is 0. The summed E-state index contributed by atoms with van der Waals surface area (Å²) in [4.78, 5) is 2.55. The van der Waals surface area contributed by atoms with Gasteiger partial charge in [0, 0.05) is 15.9 Å². The van der Waals surface area contributed by atoms with E-state index in [2.05, 4.69) is 74.5 Å². The summed E-state index contributed by atoms with van der Waals surface area (Å²) in [5.41, 5.74) is 0. The Morgan fingerprint density at radius 1 is 1.12 bits per heavy atom. The van der Waals surface area contributed by atoms with Gasteiger partial charge < -0.3 is 0 Å². The molecular formula is C4Br4. The Morgan fingerprint density at radius 3 is 1.75 bits per heavy atom. The molecule has 0 aliphatic rings. The van der Waals surface area contributed by atoms with E-state index in [0.717, 1.165) is 7.87 Å². The van der Waals surface area contributed by atoms with E-state index in [1.54, 1.807) is 0 Å². The van der Waals surface area contributed by atoms with E-state index in [1.807, 2.05) is 0 Å². The van der Waals surface area contributed by atoms with E-state index in [1.165, 1.54) is 0 Å². The molecule has 44 valence electrons. The van der Waals surface area contributed by atoms with Crippen LogP contribution in [0.5, 0.6) is 0 Å². The van der Waals surface area contributed by atoms with Crippen LogP contribution >= 0.6 is 63.7 Å². The normalized spacial score (nSPS) is 7.00.